The Labute approximate surface area is 133 Å². The standard InChI is InChI=1S/C15H14F6O3/c1-3-13(14(16,17)18)6-5-9-7-10(23-15(19,20)21)8-11(22-4-2)12(9)24-13/h5-8H,3-4H2,1-2H3. The highest BCUT2D eigenvalue weighted by atomic mass is 19.4. The van der Waals surface area contributed by atoms with Crippen LogP contribution in [0, 0.1) is 0 Å². The number of benzene rings is 1. The Balaban J connectivity index is 2.51. The highest BCUT2D eigenvalue weighted by Gasteiger charge is 2.56. The van der Waals surface area contributed by atoms with Crippen molar-refractivity contribution >= 4 is 6.08 Å². The van der Waals surface area contributed by atoms with Crippen LogP contribution in [0.25, 0.3) is 6.08 Å². The minimum atomic E-state index is -4.93. The van der Waals surface area contributed by atoms with Crippen LogP contribution in [0.2, 0.25) is 0 Å². The molecular weight excluding hydrogens is 342 g/mol. The molecule has 1 atom stereocenters. The summed E-state index contributed by atoms with van der Waals surface area (Å²) in [5.74, 6) is -1.12. The van der Waals surface area contributed by atoms with Gasteiger partial charge in [0.25, 0.3) is 0 Å². The number of hydrogen-bond acceptors (Lipinski definition) is 3. The molecule has 0 spiro atoms. The molecule has 0 aromatic heterocycles. The third kappa shape index (κ3) is 3.54. The fraction of sp³-hybridized carbons (Fsp3) is 0.467. The van der Waals surface area contributed by atoms with E-state index < -0.39 is 30.3 Å². The first kappa shape index (κ1) is 18.3. The average Bonchev–Trinajstić information content (AvgIpc) is 2.44. The van der Waals surface area contributed by atoms with E-state index >= 15 is 0 Å². The first-order valence-electron chi connectivity index (χ1n) is 7.03. The summed E-state index contributed by atoms with van der Waals surface area (Å²) in [6, 6.07) is 1.80. The van der Waals surface area contributed by atoms with Crippen LogP contribution in [-0.2, 0) is 0 Å². The van der Waals surface area contributed by atoms with E-state index in [9.17, 15) is 26.3 Å². The zero-order valence-corrected chi connectivity index (χ0v) is 12.7. The van der Waals surface area contributed by atoms with E-state index in [1.165, 1.54) is 6.92 Å². The lowest BCUT2D eigenvalue weighted by Crippen LogP contribution is -2.49. The maximum absolute atomic E-state index is 13.3. The van der Waals surface area contributed by atoms with Gasteiger partial charge in [0, 0.05) is 11.6 Å². The van der Waals surface area contributed by atoms with E-state index in [-0.39, 0.29) is 23.7 Å². The number of ether oxygens (including phenoxy) is 3. The molecule has 0 radical (unpaired) electrons. The van der Waals surface area contributed by atoms with Crippen molar-refractivity contribution in [1.29, 1.82) is 0 Å². The van der Waals surface area contributed by atoms with Crippen molar-refractivity contribution in [2.75, 3.05) is 6.61 Å². The highest BCUT2D eigenvalue weighted by molar-refractivity contribution is 5.68. The van der Waals surface area contributed by atoms with Gasteiger partial charge in [-0.25, -0.2) is 0 Å². The molecule has 0 amide bonds. The summed E-state index contributed by atoms with van der Waals surface area (Å²) in [5.41, 5.74) is -2.55. The summed E-state index contributed by atoms with van der Waals surface area (Å²) in [6.07, 6.45) is -8.19. The van der Waals surface area contributed by atoms with Crippen molar-refractivity contribution in [3.05, 3.63) is 23.8 Å². The van der Waals surface area contributed by atoms with Crippen molar-refractivity contribution in [2.45, 2.75) is 38.4 Å². The zero-order chi connectivity index (χ0) is 18.2. The predicted octanol–water partition coefficient (Wildman–Crippen LogP) is 5.10. The molecule has 0 aliphatic carbocycles. The van der Waals surface area contributed by atoms with E-state index in [0.717, 1.165) is 24.3 Å². The van der Waals surface area contributed by atoms with E-state index in [0.29, 0.717) is 0 Å². The van der Waals surface area contributed by atoms with E-state index in [4.69, 9.17) is 9.47 Å². The minimum Gasteiger partial charge on any atom is -0.490 e. The number of hydrogen-bond donors (Lipinski definition) is 0. The lowest BCUT2D eigenvalue weighted by Gasteiger charge is -2.36. The maximum Gasteiger partial charge on any atom is 0.573 e. The Kier molecular flexibility index (Phi) is 4.65. The molecule has 0 saturated heterocycles. The van der Waals surface area contributed by atoms with Gasteiger partial charge in [-0.1, -0.05) is 13.0 Å². The van der Waals surface area contributed by atoms with Crippen molar-refractivity contribution < 1.29 is 40.6 Å². The molecule has 0 saturated carbocycles. The fourth-order valence-electron chi connectivity index (χ4n) is 2.27. The van der Waals surface area contributed by atoms with Gasteiger partial charge in [0.15, 0.2) is 11.5 Å². The summed E-state index contributed by atoms with van der Waals surface area (Å²) in [7, 11) is 0. The normalized spacial score (nSPS) is 20.3. The first-order valence-corrected chi connectivity index (χ1v) is 7.03. The fourth-order valence-corrected chi connectivity index (χ4v) is 2.27. The lowest BCUT2D eigenvalue weighted by molar-refractivity contribution is -0.274. The molecule has 0 bridgehead atoms. The number of alkyl halides is 6. The van der Waals surface area contributed by atoms with Gasteiger partial charge in [-0.3, -0.25) is 0 Å². The van der Waals surface area contributed by atoms with Crippen LogP contribution in [-0.4, -0.2) is 24.7 Å². The summed E-state index contributed by atoms with van der Waals surface area (Å²) < 4.78 is 91.1. The summed E-state index contributed by atoms with van der Waals surface area (Å²) in [5, 5.41) is 0. The van der Waals surface area contributed by atoms with Gasteiger partial charge < -0.3 is 14.2 Å². The van der Waals surface area contributed by atoms with Crippen LogP contribution >= 0.6 is 0 Å². The van der Waals surface area contributed by atoms with Gasteiger partial charge in [-0.2, -0.15) is 13.2 Å². The van der Waals surface area contributed by atoms with Crippen molar-refractivity contribution in [3.63, 3.8) is 0 Å². The lowest BCUT2D eigenvalue weighted by atomic mass is 9.94. The molecule has 9 heteroatoms. The predicted molar refractivity (Wildman–Crippen MR) is 73.0 cm³/mol. The second-order valence-corrected chi connectivity index (χ2v) is 5.00. The van der Waals surface area contributed by atoms with E-state index in [1.807, 2.05) is 0 Å². The quantitative estimate of drug-likeness (QED) is 0.703. The van der Waals surface area contributed by atoms with E-state index in [2.05, 4.69) is 4.74 Å². The molecule has 2 rings (SSSR count). The highest BCUT2D eigenvalue weighted by Crippen LogP contribution is 2.48. The smallest absolute Gasteiger partial charge is 0.490 e. The van der Waals surface area contributed by atoms with Crippen LogP contribution < -0.4 is 14.2 Å². The minimum absolute atomic E-state index is 0.00789. The molecule has 24 heavy (non-hydrogen) atoms. The molecule has 1 aromatic carbocycles. The van der Waals surface area contributed by atoms with Gasteiger partial charge in [0.1, 0.15) is 5.75 Å². The van der Waals surface area contributed by atoms with Crippen LogP contribution in [0.3, 0.4) is 0 Å². The molecule has 1 aromatic rings. The summed E-state index contributed by atoms with van der Waals surface area (Å²) >= 11 is 0. The Morgan fingerprint density at radius 1 is 1.08 bits per heavy atom. The molecule has 0 N–H and O–H groups in total. The van der Waals surface area contributed by atoms with E-state index in [1.54, 1.807) is 6.92 Å². The summed E-state index contributed by atoms with van der Waals surface area (Å²) in [6.45, 7) is 2.86. The van der Waals surface area contributed by atoms with Gasteiger partial charge in [-0.15, -0.1) is 13.2 Å². The molecule has 134 valence electrons. The molecule has 1 aliphatic heterocycles. The first-order chi connectivity index (χ1) is 11.0. The summed E-state index contributed by atoms with van der Waals surface area (Å²) in [4.78, 5) is 0. The molecule has 3 nitrogen and oxygen atoms in total. The Bertz CT molecular complexity index is 635. The number of halogens is 6. The maximum atomic E-state index is 13.3. The Morgan fingerprint density at radius 2 is 1.75 bits per heavy atom. The third-order valence-electron chi connectivity index (χ3n) is 3.41. The third-order valence-corrected chi connectivity index (χ3v) is 3.41. The molecule has 1 unspecified atom stereocenters. The van der Waals surface area contributed by atoms with Crippen LogP contribution in [0.1, 0.15) is 25.8 Å². The van der Waals surface area contributed by atoms with Gasteiger partial charge >= 0.3 is 12.5 Å². The Hall–Kier alpha value is -2.06. The van der Waals surface area contributed by atoms with Crippen LogP contribution in [0.15, 0.2) is 18.2 Å². The molecule has 1 aliphatic rings. The van der Waals surface area contributed by atoms with Gasteiger partial charge in [0.2, 0.25) is 5.60 Å². The largest absolute Gasteiger partial charge is 0.573 e. The van der Waals surface area contributed by atoms with Gasteiger partial charge in [-0.05, 0) is 25.5 Å². The SMILES string of the molecule is CCOc1cc(OC(F)(F)F)cc2c1OC(CC)(C(F)(F)F)C=C2. The topological polar surface area (TPSA) is 27.7 Å². The number of rotatable bonds is 4. The number of fused-ring (bicyclic) bond motifs is 1. The second-order valence-electron chi connectivity index (χ2n) is 5.00. The zero-order valence-electron chi connectivity index (χ0n) is 12.7. The van der Waals surface area contributed by atoms with Gasteiger partial charge in [0.05, 0.1) is 6.61 Å². The molecule has 1 heterocycles. The Morgan fingerprint density at radius 3 is 2.25 bits per heavy atom. The van der Waals surface area contributed by atoms with Crippen molar-refractivity contribution in [2.24, 2.45) is 0 Å². The second kappa shape index (κ2) is 6.10. The molecule has 0 fully saturated rings. The average molecular weight is 356 g/mol. The monoisotopic (exact) mass is 356 g/mol. The molecular formula is C15H14F6O3. The van der Waals surface area contributed by atoms with Crippen LogP contribution in [0.5, 0.6) is 17.2 Å². The van der Waals surface area contributed by atoms with Crippen molar-refractivity contribution in [1.82, 2.24) is 0 Å². The van der Waals surface area contributed by atoms with Crippen LogP contribution in [0.4, 0.5) is 26.3 Å². The van der Waals surface area contributed by atoms with Crippen molar-refractivity contribution in [3.8, 4) is 17.2 Å².